The summed E-state index contributed by atoms with van der Waals surface area (Å²) in [4.78, 5) is 0. The van der Waals surface area contributed by atoms with Gasteiger partial charge in [0, 0.05) is 40.4 Å². The average molecular weight is 266 g/mol. The summed E-state index contributed by atoms with van der Waals surface area (Å²) >= 11 is 0. The third kappa shape index (κ3) is 5.43. The van der Waals surface area contributed by atoms with Gasteiger partial charge < -0.3 is 8.85 Å². The number of nitrogens with zero attached hydrogens (tertiary/aromatic N) is 2. The van der Waals surface area contributed by atoms with Gasteiger partial charge in [0.25, 0.3) is 0 Å². The molecule has 0 unspecified atom stereocenters. The Hall–Kier alpha value is -0.0231. The summed E-state index contributed by atoms with van der Waals surface area (Å²) in [5.74, 6) is 0. The smallest absolute Gasteiger partial charge is 0.353 e. The first-order chi connectivity index (χ1) is 8.11. The molecule has 0 rings (SSSR count). The maximum atomic E-state index is 5.73. The zero-order valence-electron chi connectivity index (χ0n) is 11.9. The summed E-state index contributed by atoms with van der Waals surface area (Å²) < 4.78 is 22.2. The molecule has 0 saturated carbocycles. The Morgan fingerprint density at radius 3 is 1.18 bits per heavy atom. The minimum absolute atomic E-state index is 0.750. The minimum Gasteiger partial charge on any atom is -0.353 e. The fourth-order valence-electron chi connectivity index (χ4n) is 1.27. The molecule has 0 amide bonds. The Morgan fingerprint density at radius 2 is 1.00 bits per heavy atom. The molecule has 0 aliphatic heterocycles. The Kier molecular flexibility index (Phi) is 8.97. The number of hydrogen-bond acceptors (Lipinski definition) is 6. The van der Waals surface area contributed by atoms with Crippen LogP contribution in [0, 0.1) is 0 Å². The highest BCUT2D eigenvalue weighted by molar-refractivity contribution is 6.53. The molecule has 7 heteroatoms. The molecule has 0 heterocycles. The molecule has 6 nitrogen and oxygen atoms in total. The summed E-state index contributed by atoms with van der Waals surface area (Å²) in [5.41, 5.74) is 0. The van der Waals surface area contributed by atoms with E-state index in [0.29, 0.717) is 0 Å². The first-order valence-corrected chi connectivity index (χ1v) is 7.72. The molecule has 0 aromatic rings. The molecule has 0 aliphatic rings. The topological polar surface area (TPSA) is 43.4 Å². The van der Waals surface area contributed by atoms with Crippen LogP contribution in [0.3, 0.4) is 0 Å². The van der Waals surface area contributed by atoms with Crippen LogP contribution in [0.2, 0.25) is 0 Å². The second kappa shape index (κ2) is 8.98. The van der Waals surface area contributed by atoms with E-state index in [4.69, 9.17) is 17.9 Å². The standard InChI is InChI=1S/C10H26N2O4Si/c1-7-11(8-2)15-17(13-5,14-6)16-12(9-3)10-4/h7-10H2,1-6H3. The Morgan fingerprint density at radius 1 is 0.706 bits per heavy atom. The Balaban J connectivity index is 4.63. The van der Waals surface area contributed by atoms with E-state index in [0.717, 1.165) is 26.2 Å². The summed E-state index contributed by atoms with van der Waals surface area (Å²) in [6.45, 7) is 11.0. The fourth-order valence-corrected chi connectivity index (χ4v) is 2.92. The van der Waals surface area contributed by atoms with Crippen molar-refractivity contribution in [3.63, 3.8) is 0 Å². The van der Waals surface area contributed by atoms with Crippen molar-refractivity contribution in [1.82, 2.24) is 10.1 Å². The van der Waals surface area contributed by atoms with Gasteiger partial charge in [-0.25, -0.2) is 0 Å². The van der Waals surface area contributed by atoms with E-state index in [1.54, 1.807) is 24.3 Å². The van der Waals surface area contributed by atoms with Gasteiger partial charge in [0.15, 0.2) is 0 Å². The molecule has 104 valence electrons. The monoisotopic (exact) mass is 266 g/mol. The van der Waals surface area contributed by atoms with E-state index < -0.39 is 9.05 Å². The zero-order chi connectivity index (χ0) is 13.3. The molecule has 0 spiro atoms. The maximum absolute atomic E-state index is 5.73. The highest BCUT2D eigenvalue weighted by atomic mass is 28.4. The number of hydrogen-bond donors (Lipinski definition) is 0. The second-order valence-corrected chi connectivity index (χ2v) is 5.50. The van der Waals surface area contributed by atoms with Gasteiger partial charge in [-0.05, 0) is 0 Å². The van der Waals surface area contributed by atoms with Crippen LogP contribution in [0.4, 0.5) is 0 Å². The largest absolute Gasteiger partial charge is 0.714 e. The van der Waals surface area contributed by atoms with E-state index in [9.17, 15) is 0 Å². The number of hydroxylamine groups is 4. The van der Waals surface area contributed by atoms with Crippen LogP contribution in [-0.2, 0) is 17.9 Å². The first-order valence-electron chi connectivity index (χ1n) is 6.09. The van der Waals surface area contributed by atoms with Crippen molar-refractivity contribution in [2.75, 3.05) is 40.4 Å². The quantitative estimate of drug-likeness (QED) is 0.438. The lowest BCUT2D eigenvalue weighted by atomic mass is 10.6. The summed E-state index contributed by atoms with van der Waals surface area (Å²) in [6, 6.07) is 0. The normalized spacial score (nSPS) is 12.7. The zero-order valence-corrected chi connectivity index (χ0v) is 12.9. The van der Waals surface area contributed by atoms with E-state index in [-0.39, 0.29) is 0 Å². The van der Waals surface area contributed by atoms with Crippen molar-refractivity contribution in [3.8, 4) is 0 Å². The molecule has 0 bridgehead atoms. The van der Waals surface area contributed by atoms with Crippen molar-refractivity contribution in [3.05, 3.63) is 0 Å². The van der Waals surface area contributed by atoms with Gasteiger partial charge in [-0.3, -0.25) is 9.05 Å². The fraction of sp³-hybridized carbons (Fsp3) is 1.00. The predicted octanol–water partition coefficient (Wildman–Crippen LogP) is 1.26. The molecule has 0 N–H and O–H groups in total. The third-order valence-corrected chi connectivity index (χ3v) is 4.36. The molecule has 0 aromatic carbocycles. The highest BCUT2D eigenvalue weighted by Crippen LogP contribution is 2.14. The lowest BCUT2D eigenvalue weighted by molar-refractivity contribution is -0.210. The van der Waals surface area contributed by atoms with Crippen LogP contribution in [0.1, 0.15) is 27.7 Å². The lowest BCUT2D eigenvalue weighted by Gasteiger charge is -2.33. The average Bonchev–Trinajstić information content (AvgIpc) is 2.40. The molecule has 0 radical (unpaired) electrons. The summed E-state index contributed by atoms with van der Waals surface area (Å²) in [7, 11) is -0.0129. The van der Waals surface area contributed by atoms with Crippen molar-refractivity contribution in [2.24, 2.45) is 0 Å². The van der Waals surface area contributed by atoms with Crippen LogP contribution < -0.4 is 0 Å². The summed E-state index contributed by atoms with van der Waals surface area (Å²) in [5, 5.41) is 3.53. The van der Waals surface area contributed by atoms with Gasteiger partial charge in [-0.1, -0.05) is 27.7 Å². The highest BCUT2D eigenvalue weighted by Gasteiger charge is 2.48. The number of rotatable bonds is 10. The predicted molar refractivity (Wildman–Crippen MR) is 67.8 cm³/mol. The Bertz CT molecular complexity index is 169. The molecule has 0 aromatic heterocycles. The first kappa shape index (κ1) is 17.0. The Labute approximate surface area is 106 Å². The molecule has 0 aliphatic carbocycles. The van der Waals surface area contributed by atoms with Crippen molar-refractivity contribution in [2.45, 2.75) is 27.7 Å². The lowest BCUT2D eigenvalue weighted by Crippen LogP contribution is -2.55. The molecular weight excluding hydrogens is 240 g/mol. The maximum Gasteiger partial charge on any atom is 0.714 e. The molecule has 17 heavy (non-hydrogen) atoms. The molecule has 0 atom stereocenters. The van der Waals surface area contributed by atoms with Crippen LogP contribution in [0.5, 0.6) is 0 Å². The van der Waals surface area contributed by atoms with Crippen molar-refractivity contribution >= 4 is 9.05 Å². The molecular formula is C10H26N2O4Si. The second-order valence-electron chi connectivity index (χ2n) is 3.32. The van der Waals surface area contributed by atoms with Crippen LogP contribution in [0.15, 0.2) is 0 Å². The van der Waals surface area contributed by atoms with Gasteiger partial charge in [0.05, 0.1) is 0 Å². The van der Waals surface area contributed by atoms with E-state index >= 15 is 0 Å². The third-order valence-electron chi connectivity index (χ3n) is 2.39. The van der Waals surface area contributed by atoms with E-state index in [1.165, 1.54) is 0 Å². The van der Waals surface area contributed by atoms with E-state index in [1.807, 2.05) is 27.7 Å². The van der Waals surface area contributed by atoms with Gasteiger partial charge in [0.1, 0.15) is 0 Å². The van der Waals surface area contributed by atoms with Crippen LogP contribution in [0.25, 0.3) is 0 Å². The van der Waals surface area contributed by atoms with Gasteiger partial charge in [0.2, 0.25) is 0 Å². The van der Waals surface area contributed by atoms with Gasteiger partial charge in [-0.15, -0.1) is 0 Å². The molecule has 0 fully saturated rings. The SMILES string of the molecule is CCN(CC)O[Si](OC)(OC)ON(CC)CC. The van der Waals surface area contributed by atoms with Crippen LogP contribution >= 0.6 is 0 Å². The van der Waals surface area contributed by atoms with Crippen molar-refractivity contribution in [1.29, 1.82) is 0 Å². The minimum atomic E-state index is -3.10. The van der Waals surface area contributed by atoms with Gasteiger partial charge in [-0.2, -0.15) is 10.1 Å². The van der Waals surface area contributed by atoms with Gasteiger partial charge >= 0.3 is 9.05 Å². The van der Waals surface area contributed by atoms with Crippen LogP contribution in [-0.4, -0.2) is 59.6 Å². The summed E-state index contributed by atoms with van der Waals surface area (Å²) in [6.07, 6.45) is 0. The molecule has 0 saturated heterocycles. The van der Waals surface area contributed by atoms with Crippen molar-refractivity contribution < 1.29 is 17.9 Å². The van der Waals surface area contributed by atoms with E-state index in [2.05, 4.69) is 0 Å².